The summed E-state index contributed by atoms with van der Waals surface area (Å²) >= 11 is 0. The van der Waals surface area contributed by atoms with E-state index in [4.69, 9.17) is 9.52 Å². The lowest BCUT2D eigenvalue weighted by molar-refractivity contribution is 0.241. The first-order chi connectivity index (χ1) is 10.1. The van der Waals surface area contributed by atoms with Gasteiger partial charge in [0.2, 0.25) is 0 Å². The molecule has 0 spiro atoms. The minimum Gasteiger partial charge on any atom is -0.464 e. The van der Waals surface area contributed by atoms with E-state index >= 15 is 0 Å². The zero-order chi connectivity index (χ0) is 15.2. The highest BCUT2D eigenvalue weighted by molar-refractivity contribution is 5.90. The third-order valence-corrected chi connectivity index (χ3v) is 2.96. The average molecular weight is 292 g/mol. The maximum absolute atomic E-state index is 13.7. The van der Waals surface area contributed by atoms with E-state index in [0.29, 0.717) is 17.7 Å². The molecule has 3 N–H and O–H groups in total. The molecule has 21 heavy (non-hydrogen) atoms. The van der Waals surface area contributed by atoms with Gasteiger partial charge in [-0.15, -0.1) is 0 Å². The summed E-state index contributed by atoms with van der Waals surface area (Å²) in [4.78, 5) is 11.8. The van der Waals surface area contributed by atoms with Crippen molar-refractivity contribution in [1.82, 2.24) is 5.32 Å². The van der Waals surface area contributed by atoms with Crippen molar-refractivity contribution >= 4 is 11.7 Å². The number of furan rings is 1. The van der Waals surface area contributed by atoms with Crippen molar-refractivity contribution in [1.29, 1.82) is 0 Å². The first-order valence-corrected chi connectivity index (χ1v) is 6.62. The summed E-state index contributed by atoms with van der Waals surface area (Å²) in [6, 6.07) is 7.11. The van der Waals surface area contributed by atoms with Crippen LogP contribution in [0.5, 0.6) is 0 Å². The number of carbonyl (C=O) groups is 1. The molecule has 5 nitrogen and oxygen atoms in total. The summed E-state index contributed by atoms with van der Waals surface area (Å²) in [6.45, 7) is 1.73. The quantitative estimate of drug-likeness (QED) is 0.793. The topological polar surface area (TPSA) is 74.5 Å². The van der Waals surface area contributed by atoms with Crippen LogP contribution in [-0.2, 0) is 0 Å². The van der Waals surface area contributed by atoms with Crippen LogP contribution < -0.4 is 10.6 Å². The highest BCUT2D eigenvalue weighted by atomic mass is 19.1. The van der Waals surface area contributed by atoms with Gasteiger partial charge < -0.3 is 20.2 Å². The molecule has 0 radical (unpaired) electrons. The van der Waals surface area contributed by atoms with Gasteiger partial charge in [-0.05, 0) is 43.7 Å². The molecule has 1 atom stereocenters. The number of hydrogen-bond acceptors (Lipinski definition) is 3. The monoisotopic (exact) mass is 292 g/mol. The summed E-state index contributed by atoms with van der Waals surface area (Å²) in [5, 5.41) is 13.8. The summed E-state index contributed by atoms with van der Waals surface area (Å²) in [7, 11) is 0. The van der Waals surface area contributed by atoms with Crippen LogP contribution in [0.25, 0.3) is 11.3 Å². The van der Waals surface area contributed by atoms with Gasteiger partial charge in [0.05, 0.1) is 12.0 Å². The molecule has 0 saturated heterocycles. The molecular weight excluding hydrogens is 275 g/mol. The molecule has 2 amide bonds. The van der Waals surface area contributed by atoms with Crippen LogP contribution in [-0.4, -0.2) is 23.8 Å². The number of hydrogen-bond donors (Lipinski definition) is 3. The summed E-state index contributed by atoms with van der Waals surface area (Å²) in [5.41, 5.74) is 0.734. The van der Waals surface area contributed by atoms with Gasteiger partial charge in [0.25, 0.3) is 0 Å². The Morgan fingerprint density at radius 1 is 1.43 bits per heavy atom. The molecule has 0 aliphatic heterocycles. The van der Waals surface area contributed by atoms with E-state index in [9.17, 15) is 9.18 Å². The standard InChI is InChI=1S/C15H17FN2O3/c1-10(6-7-19)17-15(20)18-13-9-11(4-5-12(13)16)14-3-2-8-21-14/h2-5,8-10,19H,6-7H2,1H3,(H2,17,18,20)/t10-/m1/s1. The van der Waals surface area contributed by atoms with Crippen LogP contribution in [0.2, 0.25) is 0 Å². The molecule has 6 heteroatoms. The van der Waals surface area contributed by atoms with Crippen LogP contribution in [0.15, 0.2) is 41.0 Å². The average Bonchev–Trinajstić information content (AvgIpc) is 2.95. The molecule has 2 rings (SSSR count). The first kappa shape index (κ1) is 15.1. The number of nitrogens with one attached hydrogen (secondary N) is 2. The summed E-state index contributed by atoms with van der Waals surface area (Å²) in [5.74, 6) is 0.0578. The third-order valence-electron chi connectivity index (χ3n) is 2.96. The Labute approximate surface area is 121 Å². The molecule has 0 aliphatic carbocycles. The molecule has 0 unspecified atom stereocenters. The van der Waals surface area contributed by atoms with Crippen LogP contribution in [0.1, 0.15) is 13.3 Å². The number of benzene rings is 1. The number of halogens is 1. The Morgan fingerprint density at radius 2 is 2.24 bits per heavy atom. The number of carbonyl (C=O) groups excluding carboxylic acids is 1. The van der Waals surface area contributed by atoms with Gasteiger partial charge in [-0.25, -0.2) is 9.18 Å². The minimum absolute atomic E-state index is 0.0240. The zero-order valence-electron chi connectivity index (χ0n) is 11.6. The molecule has 1 heterocycles. The number of aliphatic hydroxyl groups excluding tert-OH is 1. The molecule has 0 aliphatic rings. The number of aliphatic hydroxyl groups is 1. The fourth-order valence-electron chi connectivity index (χ4n) is 1.87. The largest absolute Gasteiger partial charge is 0.464 e. The summed E-state index contributed by atoms with van der Waals surface area (Å²) in [6.07, 6.45) is 1.96. The summed E-state index contributed by atoms with van der Waals surface area (Å²) < 4.78 is 19.0. The van der Waals surface area contributed by atoms with Crippen LogP contribution in [0.4, 0.5) is 14.9 Å². The van der Waals surface area contributed by atoms with E-state index in [0.717, 1.165) is 0 Å². The number of urea groups is 1. The predicted octanol–water partition coefficient (Wildman–Crippen LogP) is 2.98. The van der Waals surface area contributed by atoms with Crippen molar-refractivity contribution in [3.05, 3.63) is 42.4 Å². The SMILES string of the molecule is C[C@H](CCO)NC(=O)Nc1cc(-c2ccco2)ccc1F. The molecular formula is C15H17FN2O3. The van der Waals surface area contributed by atoms with Crippen LogP contribution in [0.3, 0.4) is 0 Å². The molecule has 1 aromatic carbocycles. The van der Waals surface area contributed by atoms with Crippen molar-refractivity contribution in [2.75, 3.05) is 11.9 Å². The zero-order valence-corrected chi connectivity index (χ0v) is 11.6. The Morgan fingerprint density at radius 3 is 2.90 bits per heavy atom. The second-order valence-electron chi connectivity index (χ2n) is 4.68. The molecule has 112 valence electrons. The lowest BCUT2D eigenvalue weighted by Gasteiger charge is -2.14. The lowest BCUT2D eigenvalue weighted by atomic mass is 10.1. The van der Waals surface area contributed by atoms with Gasteiger partial charge in [-0.3, -0.25) is 0 Å². The van der Waals surface area contributed by atoms with E-state index in [1.54, 1.807) is 25.1 Å². The van der Waals surface area contributed by atoms with Gasteiger partial charge in [-0.1, -0.05) is 0 Å². The Hall–Kier alpha value is -2.34. The van der Waals surface area contributed by atoms with Gasteiger partial charge in [0.1, 0.15) is 11.6 Å². The second kappa shape index (κ2) is 6.90. The van der Waals surface area contributed by atoms with Crippen molar-refractivity contribution in [2.45, 2.75) is 19.4 Å². The van der Waals surface area contributed by atoms with E-state index in [1.165, 1.54) is 18.4 Å². The van der Waals surface area contributed by atoms with Crippen molar-refractivity contribution < 1.29 is 18.7 Å². The second-order valence-corrected chi connectivity index (χ2v) is 4.68. The van der Waals surface area contributed by atoms with Gasteiger partial charge in [0, 0.05) is 18.2 Å². The van der Waals surface area contributed by atoms with Crippen molar-refractivity contribution in [2.24, 2.45) is 0 Å². The Bertz CT molecular complexity index is 599. The fraction of sp³-hybridized carbons (Fsp3) is 0.267. The highest BCUT2D eigenvalue weighted by Gasteiger charge is 2.11. The van der Waals surface area contributed by atoms with Crippen LogP contribution >= 0.6 is 0 Å². The van der Waals surface area contributed by atoms with Gasteiger partial charge in [0.15, 0.2) is 0 Å². The maximum Gasteiger partial charge on any atom is 0.319 e. The predicted molar refractivity (Wildman–Crippen MR) is 77.4 cm³/mol. The highest BCUT2D eigenvalue weighted by Crippen LogP contribution is 2.25. The van der Waals surface area contributed by atoms with E-state index in [2.05, 4.69) is 10.6 Å². The van der Waals surface area contributed by atoms with Gasteiger partial charge >= 0.3 is 6.03 Å². The smallest absolute Gasteiger partial charge is 0.319 e. The number of rotatable bonds is 5. The molecule has 2 aromatic rings. The van der Waals surface area contributed by atoms with Crippen molar-refractivity contribution in [3.63, 3.8) is 0 Å². The third kappa shape index (κ3) is 4.06. The maximum atomic E-state index is 13.7. The van der Waals surface area contributed by atoms with E-state index < -0.39 is 11.8 Å². The minimum atomic E-state index is -0.532. The Balaban J connectivity index is 2.09. The Kier molecular flexibility index (Phi) is 4.94. The lowest BCUT2D eigenvalue weighted by Crippen LogP contribution is -2.36. The molecule has 0 saturated carbocycles. The number of anilines is 1. The molecule has 1 aromatic heterocycles. The van der Waals surface area contributed by atoms with Crippen molar-refractivity contribution in [3.8, 4) is 11.3 Å². The van der Waals surface area contributed by atoms with E-state index in [1.807, 2.05) is 0 Å². The fourth-order valence-corrected chi connectivity index (χ4v) is 1.87. The normalized spacial score (nSPS) is 12.0. The van der Waals surface area contributed by atoms with E-state index in [-0.39, 0.29) is 18.3 Å². The molecule has 0 bridgehead atoms. The van der Waals surface area contributed by atoms with Gasteiger partial charge in [-0.2, -0.15) is 0 Å². The molecule has 0 fully saturated rings. The number of amides is 2. The first-order valence-electron chi connectivity index (χ1n) is 6.62. The van der Waals surface area contributed by atoms with Crippen LogP contribution in [0, 0.1) is 5.82 Å².